The van der Waals surface area contributed by atoms with Crippen LogP contribution in [-0.4, -0.2) is 11.9 Å². The molecule has 1 aromatic carbocycles. The molecule has 0 aromatic heterocycles. The molecule has 0 bridgehead atoms. The third-order valence-corrected chi connectivity index (χ3v) is 2.44. The number of hydrogen-bond donors (Lipinski definition) is 0. The quantitative estimate of drug-likeness (QED) is 0.573. The van der Waals surface area contributed by atoms with E-state index in [0.717, 1.165) is 35.2 Å². The average Bonchev–Trinajstić information content (AvgIpc) is 2.19. The summed E-state index contributed by atoms with van der Waals surface area (Å²) in [6, 6.07) is 8.00. The van der Waals surface area contributed by atoms with Crippen LogP contribution in [0.4, 0.5) is 0 Å². The van der Waals surface area contributed by atoms with E-state index < -0.39 is 0 Å². The number of alkyl halides is 1. The minimum atomic E-state index is 0.746. The van der Waals surface area contributed by atoms with Gasteiger partial charge in [0, 0.05) is 10.9 Å². The molecule has 0 spiro atoms. The molecule has 0 unspecified atom stereocenters. The second-order valence-corrected chi connectivity index (χ2v) is 3.96. The molecule has 0 aliphatic rings. The maximum absolute atomic E-state index is 5.65. The molecule has 0 heterocycles. The van der Waals surface area contributed by atoms with Crippen molar-refractivity contribution in [1.29, 1.82) is 0 Å². The molecule has 76 valence electrons. The van der Waals surface area contributed by atoms with E-state index in [1.807, 2.05) is 31.2 Å². The van der Waals surface area contributed by atoms with Crippen molar-refractivity contribution in [2.75, 3.05) is 11.9 Å². The molecule has 0 fully saturated rings. The number of allylic oxidation sites excluding steroid dienone is 1. The zero-order valence-corrected chi connectivity index (χ0v) is 10.0. The van der Waals surface area contributed by atoms with Gasteiger partial charge >= 0.3 is 0 Å². The monoisotopic (exact) mass is 254 g/mol. The Morgan fingerprint density at radius 3 is 2.79 bits per heavy atom. The fourth-order valence-corrected chi connectivity index (χ4v) is 1.41. The Kier molecular flexibility index (Phi) is 4.74. The third-order valence-electron chi connectivity index (χ3n) is 1.88. The summed E-state index contributed by atoms with van der Waals surface area (Å²) in [7, 11) is 0. The van der Waals surface area contributed by atoms with Gasteiger partial charge in [0.2, 0.25) is 0 Å². The summed E-state index contributed by atoms with van der Waals surface area (Å²) in [5.74, 6) is 0.931. The third kappa shape index (κ3) is 3.18. The zero-order chi connectivity index (χ0) is 10.4. The molecule has 0 saturated heterocycles. The fraction of sp³-hybridized carbons (Fsp3) is 0.333. The Labute approximate surface area is 93.9 Å². The molecule has 1 rings (SSSR count). The molecule has 2 heteroatoms. The van der Waals surface area contributed by atoms with Crippen molar-refractivity contribution in [3.8, 4) is 5.75 Å². The molecule has 0 saturated carbocycles. The Hall–Kier alpha value is -0.760. The molecule has 0 atom stereocenters. The zero-order valence-electron chi connectivity index (χ0n) is 8.42. The fourth-order valence-electron chi connectivity index (χ4n) is 1.18. The number of para-hydroxylation sites is 1. The molecule has 0 aliphatic heterocycles. The average molecular weight is 255 g/mol. The van der Waals surface area contributed by atoms with Crippen LogP contribution in [0.15, 0.2) is 30.8 Å². The summed E-state index contributed by atoms with van der Waals surface area (Å²) in [6.45, 7) is 6.66. The first kappa shape index (κ1) is 11.3. The maximum Gasteiger partial charge on any atom is 0.126 e. The number of rotatable bonds is 5. The molecule has 0 N–H and O–H groups in total. The summed E-state index contributed by atoms with van der Waals surface area (Å²) >= 11 is 3.37. The Bertz CT molecular complexity index is 307. The van der Waals surface area contributed by atoms with E-state index in [9.17, 15) is 0 Å². The summed E-state index contributed by atoms with van der Waals surface area (Å²) in [6.07, 6.45) is 1.02. The summed E-state index contributed by atoms with van der Waals surface area (Å²) < 4.78 is 5.65. The largest absolute Gasteiger partial charge is 0.493 e. The van der Waals surface area contributed by atoms with Crippen LogP contribution >= 0.6 is 15.9 Å². The van der Waals surface area contributed by atoms with Crippen molar-refractivity contribution in [3.05, 3.63) is 36.4 Å². The molecule has 1 nitrogen and oxygen atoms in total. The Balaban J connectivity index is 2.69. The lowest BCUT2D eigenvalue weighted by Gasteiger charge is -2.10. The lowest BCUT2D eigenvalue weighted by molar-refractivity contribution is 0.318. The number of halogens is 1. The van der Waals surface area contributed by atoms with E-state index >= 15 is 0 Å². The minimum Gasteiger partial charge on any atom is -0.493 e. The molecular formula is C12H15BrO. The summed E-state index contributed by atoms with van der Waals surface area (Å²) in [5.41, 5.74) is 2.14. The number of hydrogen-bond acceptors (Lipinski definition) is 1. The SMILES string of the molecule is C=C(C)c1ccccc1OCCCBr. The van der Waals surface area contributed by atoms with E-state index in [1.165, 1.54) is 0 Å². The van der Waals surface area contributed by atoms with Crippen molar-refractivity contribution >= 4 is 21.5 Å². The molecular weight excluding hydrogens is 240 g/mol. The summed E-state index contributed by atoms with van der Waals surface area (Å²) in [5, 5.41) is 0.974. The highest BCUT2D eigenvalue weighted by atomic mass is 79.9. The van der Waals surface area contributed by atoms with Crippen molar-refractivity contribution in [2.24, 2.45) is 0 Å². The van der Waals surface area contributed by atoms with E-state index in [-0.39, 0.29) is 0 Å². The summed E-state index contributed by atoms with van der Waals surface area (Å²) in [4.78, 5) is 0. The van der Waals surface area contributed by atoms with Crippen LogP contribution in [0.2, 0.25) is 0 Å². The van der Waals surface area contributed by atoms with Crippen LogP contribution in [0.25, 0.3) is 5.57 Å². The highest BCUT2D eigenvalue weighted by molar-refractivity contribution is 9.09. The van der Waals surface area contributed by atoms with Gasteiger partial charge in [-0.1, -0.05) is 40.7 Å². The highest BCUT2D eigenvalue weighted by Crippen LogP contribution is 2.24. The Morgan fingerprint density at radius 2 is 2.14 bits per heavy atom. The smallest absolute Gasteiger partial charge is 0.126 e. The van der Waals surface area contributed by atoms with E-state index in [0.29, 0.717) is 0 Å². The predicted molar refractivity (Wildman–Crippen MR) is 65.1 cm³/mol. The van der Waals surface area contributed by atoms with Crippen LogP contribution in [0.1, 0.15) is 18.9 Å². The van der Waals surface area contributed by atoms with Gasteiger partial charge in [-0.2, -0.15) is 0 Å². The van der Waals surface area contributed by atoms with Gasteiger partial charge in [-0.25, -0.2) is 0 Å². The lowest BCUT2D eigenvalue weighted by Crippen LogP contribution is -1.99. The van der Waals surface area contributed by atoms with Crippen LogP contribution in [0.5, 0.6) is 5.75 Å². The number of benzene rings is 1. The lowest BCUT2D eigenvalue weighted by atomic mass is 10.1. The molecule has 1 aromatic rings. The first-order valence-corrected chi connectivity index (χ1v) is 5.81. The van der Waals surface area contributed by atoms with Gasteiger partial charge in [0.05, 0.1) is 6.61 Å². The van der Waals surface area contributed by atoms with Gasteiger partial charge in [0.15, 0.2) is 0 Å². The van der Waals surface area contributed by atoms with Crippen molar-refractivity contribution in [1.82, 2.24) is 0 Å². The van der Waals surface area contributed by atoms with Gasteiger partial charge in [0.25, 0.3) is 0 Å². The highest BCUT2D eigenvalue weighted by Gasteiger charge is 2.02. The van der Waals surface area contributed by atoms with E-state index in [4.69, 9.17) is 4.74 Å². The molecule has 14 heavy (non-hydrogen) atoms. The van der Waals surface area contributed by atoms with Gasteiger partial charge in [-0.15, -0.1) is 0 Å². The van der Waals surface area contributed by atoms with Gasteiger partial charge in [-0.05, 0) is 25.0 Å². The first-order valence-electron chi connectivity index (χ1n) is 4.69. The van der Waals surface area contributed by atoms with Gasteiger partial charge < -0.3 is 4.74 Å². The predicted octanol–water partition coefficient (Wildman–Crippen LogP) is 3.88. The van der Waals surface area contributed by atoms with Crippen LogP contribution in [-0.2, 0) is 0 Å². The van der Waals surface area contributed by atoms with E-state index in [1.54, 1.807) is 0 Å². The second kappa shape index (κ2) is 5.86. The molecule has 0 radical (unpaired) electrons. The molecule has 0 amide bonds. The number of ether oxygens (including phenoxy) is 1. The molecule has 0 aliphatic carbocycles. The minimum absolute atomic E-state index is 0.746. The van der Waals surface area contributed by atoms with E-state index in [2.05, 4.69) is 22.5 Å². The first-order chi connectivity index (χ1) is 6.75. The second-order valence-electron chi connectivity index (χ2n) is 3.17. The Morgan fingerprint density at radius 1 is 1.43 bits per heavy atom. The maximum atomic E-state index is 5.65. The standard InChI is InChI=1S/C12H15BrO/c1-10(2)11-6-3-4-7-12(11)14-9-5-8-13/h3-4,6-7H,1,5,8-9H2,2H3. The van der Waals surface area contributed by atoms with Crippen LogP contribution in [0.3, 0.4) is 0 Å². The van der Waals surface area contributed by atoms with Crippen molar-refractivity contribution in [3.63, 3.8) is 0 Å². The normalized spacial score (nSPS) is 9.86. The van der Waals surface area contributed by atoms with Crippen LogP contribution < -0.4 is 4.74 Å². The van der Waals surface area contributed by atoms with Crippen molar-refractivity contribution in [2.45, 2.75) is 13.3 Å². The topological polar surface area (TPSA) is 9.23 Å². The van der Waals surface area contributed by atoms with Gasteiger partial charge in [0.1, 0.15) is 5.75 Å². The van der Waals surface area contributed by atoms with Gasteiger partial charge in [-0.3, -0.25) is 0 Å². The van der Waals surface area contributed by atoms with Crippen molar-refractivity contribution < 1.29 is 4.74 Å². The van der Waals surface area contributed by atoms with Crippen LogP contribution in [0, 0.1) is 0 Å².